The van der Waals surface area contributed by atoms with Gasteiger partial charge in [0.1, 0.15) is 6.73 Å². The highest BCUT2D eigenvalue weighted by atomic mass is 28.3. The van der Waals surface area contributed by atoms with E-state index in [1.54, 1.807) is 0 Å². The average molecular weight is 392 g/mol. The lowest BCUT2D eigenvalue weighted by molar-refractivity contribution is -0.143. The second-order valence-electron chi connectivity index (χ2n) is 6.34. The summed E-state index contributed by atoms with van der Waals surface area (Å²) in [6.07, 6.45) is -11.9. The number of nitrogens with zero attached hydrogens (tertiary/aromatic N) is 2. The van der Waals surface area contributed by atoms with Crippen LogP contribution < -0.4 is 10.3 Å². The first-order chi connectivity index (χ1) is 11.3. The van der Waals surface area contributed by atoms with Crippen molar-refractivity contribution in [2.45, 2.75) is 51.4 Å². The van der Waals surface area contributed by atoms with Crippen LogP contribution in [0, 0.1) is 0 Å². The molecule has 0 aliphatic heterocycles. The van der Waals surface area contributed by atoms with Gasteiger partial charge in [-0.15, -0.1) is 0 Å². The van der Waals surface area contributed by atoms with Crippen molar-refractivity contribution in [2.24, 2.45) is 0 Å². The molecule has 1 aromatic rings. The van der Waals surface area contributed by atoms with E-state index in [0.29, 0.717) is 16.9 Å². The molecule has 1 rings (SSSR count). The zero-order chi connectivity index (χ0) is 19.4. The average Bonchev–Trinajstić information content (AvgIpc) is 2.42. The Bertz CT molecular complexity index is 630. The molecule has 0 amide bonds. The number of ether oxygens (including phenoxy) is 2. The molecule has 1 heterocycles. The van der Waals surface area contributed by atoms with E-state index >= 15 is 0 Å². The normalized spacial score (nSPS) is 14.0. The predicted octanol–water partition coefficient (Wildman–Crippen LogP) is 3.51. The molecule has 1 aromatic heterocycles. The van der Waals surface area contributed by atoms with Gasteiger partial charge in [0.05, 0.1) is 6.20 Å². The second kappa shape index (κ2) is 8.21. The Labute approximate surface area is 140 Å². The third-order valence-electron chi connectivity index (χ3n) is 2.94. The van der Waals surface area contributed by atoms with Crippen molar-refractivity contribution in [3.05, 3.63) is 22.1 Å². The molecule has 0 spiro atoms. The summed E-state index contributed by atoms with van der Waals surface area (Å²) in [7, 11) is -1.43. The van der Waals surface area contributed by atoms with Crippen LogP contribution in [0.25, 0.3) is 0 Å². The summed E-state index contributed by atoms with van der Waals surface area (Å²) in [5.74, 6) is -1.40. The molecule has 0 saturated heterocycles. The highest BCUT2D eigenvalue weighted by Gasteiger charge is 2.40. The number of hydrogen-bond acceptors (Lipinski definition) is 4. The molecule has 0 aliphatic carbocycles. The van der Waals surface area contributed by atoms with Gasteiger partial charge in [0.15, 0.2) is 11.3 Å². The molecule has 0 radical (unpaired) electrons. The quantitative estimate of drug-likeness (QED) is 0.386. The first-order valence-electron chi connectivity index (χ1n) is 7.17. The molecule has 5 nitrogen and oxygen atoms in total. The number of alkyl halides is 6. The Kier molecular flexibility index (Phi) is 7.05. The predicted molar refractivity (Wildman–Crippen MR) is 79.1 cm³/mol. The van der Waals surface area contributed by atoms with E-state index in [-0.39, 0.29) is 6.61 Å². The lowest BCUT2D eigenvalue weighted by Gasteiger charge is -2.17. The molecule has 25 heavy (non-hydrogen) atoms. The zero-order valence-electron chi connectivity index (χ0n) is 13.7. The molecule has 0 saturated carbocycles. The van der Waals surface area contributed by atoms with Gasteiger partial charge in [-0.2, -0.15) is 22.7 Å². The number of hydrogen-bond donors (Lipinski definition) is 0. The number of halogens is 6. The molecule has 12 heteroatoms. The van der Waals surface area contributed by atoms with Crippen molar-refractivity contribution in [3.63, 3.8) is 0 Å². The lowest BCUT2D eigenvalue weighted by Crippen LogP contribution is -2.33. The molecule has 0 aromatic carbocycles. The van der Waals surface area contributed by atoms with Crippen LogP contribution in [0.3, 0.4) is 0 Å². The van der Waals surface area contributed by atoms with E-state index in [0.717, 1.165) is 0 Å². The summed E-state index contributed by atoms with van der Waals surface area (Å²) in [5, 5.41) is 3.35. The Morgan fingerprint density at radius 1 is 1.24 bits per heavy atom. The summed E-state index contributed by atoms with van der Waals surface area (Å²) < 4.78 is 85.6. The van der Waals surface area contributed by atoms with Gasteiger partial charge < -0.3 is 9.47 Å². The van der Waals surface area contributed by atoms with Crippen LogP contribution in [0.1, 0.15) is 5.56 Å². The maximum Gasteiger partial charge on any atom is 0.425 e. The van der Waals surface area contributed by atoms with Gasteiger partial charge in [0, 0.05) is 14.7 Å². The van der Waals surface area contributed by atoms with Gasteiger partial charge in [-0.1, -0.05) is 19.6 Å². The SMILES string of the molecule is C[Si](C)(C)CCOCn1ncc(OC(F)C(F)F)c(C(F)(F)F)c1=O. The van der Waals surface area contributed by atoms with Gasteiger partial charge in [0.2, 0.25) is 0 Å². The first-order valence-corrected chi connectivity index (χ1v) is 10.9. The molecule has 0 N–H and O–H groups in total. The van der Waals surface area contributed by atoms with Crippen LogP contribution >= 0.6 is 0 Å². The monoisotopic (exact) mass is 392 g/mol. The maximum absolute atomic E-state index is 13.0. The Morgan fingerprint density at radius 3 is 2.32 bits per heavy atom. The van der Waals surface area contributed by atoms with E-state index in [9.17, 15) is 31.1 Å². The topological polar surface area (TPSA) is 53.4 Å². The van der Waals surface area contributed by atoms with Crippen molar-refractivity contribution in [2.75, 3.05) is 6.61 Å². The van der Waals surface area contributed by atoms with Crippen molar-refractivity contribution in [1.82, 2.24) is 9.78 Å². The fourth-order valence-corrected chi connectivity index (χ4v) is 2.37. The molecule has 1 unspecified atom stereocenters. The van der Waals surface area contributed by atoms with Crippen LogP contribution in [-0.4, -0.2) is 37.2 Å². The van der Waals surface area contributed by atoms with Crippen LogP contribution in [-0.2, 0) is 17.6 Å². The Balaban J connectivity index is 3.02. The fourth-order valence-electron chi connectivity index (χ4n) is 1.62. The van der Waals surface area contributed by atoms with Crippen LogP contribution in [0.4, 0.5) is 26.3 Å². The fraction of sp³-hybridized carbons (Fsp3) is 0.692. The highest BCUT2D eigenvalue weighted by molar-refractivity contribution is 6.76. The van der Waals surface area contributed by atoms with Crippen molar-refractivity contribution < 1.29 is 35.8 Å². The molecule has 0 aliphatic rings. The molecular weight excluding hydrogens is 374 g/mol. The van der Waals surface area contributed by atoms with Gasteiger partial charge in [-0.25, -0.2) is 13.5 Å². The van der Waals surface area contributed by atoms with Gasteiger partial charge in [-0.05, 0) is 6.04 Å². The Hall–Kier alpha value is -1.56. The standard InChI is InChI=1S/C13H18F6N2O3Si/c1-25(2,3)5-4-23-7-21-12(22)9(13(17,18)19)8(6-20-21)24-11(16)10(14)15/h6,10-11H,4-5,7H2,1-3H3. The minimum absolute atomic E-state index is 0.224. The van der Waals surface area contributed by atoms with Crippen molar-refractivity contribution >= 4 is 8.07 Å². The van der Waals surface area contributed by atoms with Crippen molar-refractivity contribution in [3.8, 4) is 5.75 Å². The van der Waals surface area contributed by atoms with E-state index in [1.807, 2.05) is 0 Å². The minimum Gasteiger partial charge on any atom is -0.452 e. The highest BCUT2D eigenvalue weighted by Crippen LogP contribution is 2.33. The van der Waals surface area contributed by atoms with Gasteiger partial charge >= 0.3 is 12.6 Å². The second-order valence-corrected chi connectivity index (χ2v) is 12.0. The van der Waals surface area contributed by atoms with Crippen LogP contribution in [0.2, 0.25) is 25.7 Å². The molecule has 1 atom stereocenters. The lowest BCUT2D eigenvalue weighted by atomic mass is 10.2. The van der Waals surface area contributed by atoms with E-state index < -0.39 is 50.6 Å². The maximum atomic E-state index is 13.0. The molecule has 0 bridgehead atoms. The van der Waals surface area contributed by atoms with E-state index in [2.05, 4.69) is 29.5 Å². The summed E-state index contributed by atoms with van der Waals surface area (Å²) in [6.45, 7) is 5.85. The third-order valence-corrected chi connectivity index (χ3v) is 4.64. The van der Waals surface area contributed by atoms with Gasteiger partial charge in [-0.3, -0.25) is 4.79 Å². The minimum atomic E-state index is -5.24. The van der Waals surface area contributed by atoms with Crippen molar-refractivity contribution in [1.29, 1.82) is 0 Å². The summed E-state index contributed by atoms with van der Waals surface area (Å²) in [4.78, 5) is 11.9. The first kappa shape index (κ1) is 21.5. The van der Waals surface area contributed by atoms with Crippen LogP contribution in [0.15, 0.2) is 11.0 Å². The van der Waals surface area contributed by atoms with Crippen LogP contribution in [0.5, 0.6) is 5.75 Å². The summed E-state index contributed by atoms with van der Waals surface area (Å²) in [6, 6.07) is 0.715. The zero-order valence-corrected chi connectivity index (χ0v) is 14.7. The smallest absolute Gasteiger partial charge is 0.425 e. The summed E-state index contributed by atoms with van der Waals surface area (Å²) >= 11 is 0. The largest absolute Gasteiger partial charge is 0.452 e. The Morgan fingerprint density at radius 2 is 1.84 bits per heavy atom. The number of rotatable bonds is 8. The number of aromatic nitrogens is 2. The van der Waals surface area contributed by atoms with Gasteiger partial charge in [0.25, 0.3) is 11.9 Å². The van der Waals surface area contributed by atoms with E-state index in [4.69, 9.17) is 4.74 Å². The molecule has 144 valence electrons. The third kappa shape index (κ3) is 6.69. The van der Waals surface area contributed by atoms with E-state index in [1.165, 1.54) is 0 Å². The summed E-state index contributed by atoms with van der Waals surface area (Å²) in [5.41, 5.74) is -3.58. The molecule has 0 fully saturated rings. The molecular formula is C13H18F6N2O3Si.